The molecule has 0 aromatic heterocycles. The molecule has 0 radical (unpaired) electrons. The van der Waals surface area contributed by atoms with Crippen LogP contribution in [0.4, 0.5) is 0 Å². The molecular weight excluding hydrogens is 344 g/mol. The third kappa shape index (κ3) is 1.99. The minimum atomic E-state index is -4.58. The first kappa shape index (κ1) is 16.1. The van der Waals surface area contributed by atoms with E-state index in [9.17, 15) is 16.8 Å². The topological polar surface area (TPSA) is 154 Å². The lowest BCUT2D eigenvalue weighted by molar-refractivity contribution is 0.212. The van der Waals surface area contributed by atoms with E-state index in [0.29, 0.717) is 5.57 Å². The molecule has 23 heavy (non-hydrogen) atoms. The van der Waals surface area contributed by atoms with Gasteiger partial charge in [0.25, 0.3) is 20.0 Å². The van der Waals surface area contributed by atoms with Crippen molar-refractivity contribution in [2.24, 2.45) is 11.7 Å². The van der Waals surface area contributed by atoms with Gasteiger partial charge in [-0.3, -0.25) is 11.7 Å². The summed E-state index contributed by atoms with van der Waals surface area (Å²) in [7, 11) is -9.17. The van der Waals surface area contributed by atoms with Crippen LogP contribution >= 0.6 is 0 Å². The summed E-state index contributed by atoms with van der Waals surface area (Å²) in [5.74, 6) is 10.3. The van der Waals surface area contributed by atoms with Gasteiger partial charge in [-0.05, 0) is 18.2 Å². The summed E-state index contributed by atoms with van der Waals surface area (Å²) in [5.41, 5.74) is 0.363. The van der Waals surface area contributed by atoms with Crippen molar-refractivity contribution < 1.29 is 21.6 Å². The number of nitrogens with two attached hydrogens (primary N) is 2. The van der Waals surface area contributed by atoms with Crippen LogP contribution in [0.25, 0.3) is 0 Å². The second-order valence-corrected chi connectivity index (χ2v) is 8.94. The van der Waals surface area contributed by atoms with Gasteiger partial charge in [0.2, 0.25) is 4.08 Å². The minimum Gasteiger partial charge on any atom is -0.481 e. The number of hydrogen-bond donors (Lipinski definition) is 4. The van der Waals surface area contributed by atoms with E-state index in [2.05, 4.69) is 0 Å². The number of ether oxygens (including phenoxy) is 1. The molecule has 2 aliphatic carbocycles. The number of hydrogen-bond acceptors (Lipinski definition) is 7. The van der Waals surface area contributed by atoms with Crippen LogP contribution in [-0.4, -0.2) is 27.0 Å². The van der Waals surface area contributed by atoms with Gasteiger partial charge in [0.1, 0.15) is 11.9 Å². The Kier molecular flexibility index (Phi) is 3.59. The Morgan fingerprint density at radius 3 is 2.30 bits per heavy atom. The standard InChI is InChI=1S/C12H14N4O5S2/c13-15-22(17,18)12(23(19,20)16-14)7-3-6-10-11(12)8-4-1-2-5-9(8)21-10/h1-7,9,15-16H,13-14H2. The first-order chi connectivity index (χ1) is 10.8. The van der Waals surface area contributed by atoms with E-state index in [1.165, 1.54) is 12.2 Å². The average molecular weight is 358 g/mol. The van der Waals surface area contributed by atoms with Crippen LogP contribution in [0.1, 0.15) is 0 Å². The Hall–Kier alpha value is -1.76. The van der Waals surface area contributed by atoms with Crippen LogP contribution < -0.4 is 21.3 Å². The van der Waals surface area contributed by atoms with Crippen molar-refractivity contribution in [3.8, 4) is 0 Å². The normalized spacial score (nSPS) is 25.0. The molecule has 3 rings (SSSR count). The molecule has 3 aliphatic rings. The van der Waals surface area contributed by atoms with Gasteiger partial charge in [-0.25, -0.2) is 16.8 Å². The quantitative estimate of drug-likeness (QED) is 0.354. The lowest BCUT2D eigenvalue weighted by atomic mass is 9.95. The van der Waals surface area contributed by atoms with Crippen molar-refractivity contribution in [1.29, 1.82) is 0 Å². The van der Waals surface area contributed by atoms with Crippen molar-refractivity contribution in [3.63, 3.8) is 0 Å². The molecule has 0 spiro atoms. The monoisotopic (exact) mass is 358 g/mol. The molecule has 0 fully saturated rings. The van der Waals surface area contributed by atoms with Crippen LogP contribution in [0.15, 0.2) is 59.4 Å². The predicted molar refractivity (Wildman–Crippen MR) is 82.6 cm³/mol. The van der Waals surface area contributed by atoms with Crippen LogP contribution in [0.5, 0.6) is 0 Å². The van der Waals surface area contributed by atoms with Gasteiger partial charge in [-0.15, -0.1) is 0 Å². The zero-order chi connectivity index (χ0) is 16.9. The van der Waals surface area contributed by atoms with Crippen molar-refractivity contribution in [2.75, 3.05) is 0 Å². The Morgan fingerprint density at radius 2 is 1.70 bits per heavy atom. The molecule has 0 saturated carbocycles. The molecule has 124 valence electrons. The zero-order valence-electron chi connectivity index (χ0n) is 11.6. The van der Waals surface area contributed by atoms with Gasteiger partial charge in [-0.1, -0.05) is 24.3 Å². The fourth-order valence-electron chi connectivity index (χ4n) is 2.80. The average Bonchev–Trinajstić information content (AvgIpc) is 2.93. The first-order valence-corrected chi connectivity index (χ1v) is 9.37. The van der Waals surface area contributed by atoms with Crippen molar-refractivity contribution in [2.45, 2.75) is 10.2 Å². The highest BCUT2D eigenvalue weighted by Crippen LogP contribution is 2.47. The van der Waals surface area contributed by atoms with Gasteiger partial charge in [0.05, 0.1) is 0 Å². The Morgan fingerprint density at radius 1 is 1.04 bits per heavy atom. The highest BCUT2D eigenvalue weighted by Gasteiger charge is 2.61. The van der Waals surface area contributed by atoms with E-state index in [1.807, 2.05) is 0 Å². The fraction of sp³-hybridized carbons (Fsp3) is 0.167. The summed E-state index contributed by atoms with van der Waals surface area (Å²) in [6.45, 7) is 0. The van der Waals surface area contributed by atoms with Crippen molar-refractivity contribution in [3.05, 3.63) is 59.4 Å². The van der Waals surface area contributed by atoms with E-state index in [0.717, 1.165) is 6.08 Å². The molecule has 0 amide bonds. The number of nitrogens with one attached hydrogen (secondary N) is 2. The second-order valence-electron chi connectivity index (χ2n) is 4.91. The summed E-state index contributed by atoms with van der Waals surface area (Å²) in [6.07, 6.45) is 9.81. The molecule has 0 aromatic rings. The molecule has 0 aromatic carbocycles. The van der Waals surface area contributed by atoms with Gasteiger partial charge >= 0.3 is 0 Å². The lowest BCUT2D eigenvalue weighted by Crippen LogP contribution is -2.59. The molecule has 11 heteroatoms. The van der Waals surface area contributed by atoms with Gasteiger partial charge in [0, 0.05) is 11.1 Å². The zero-order valence-corrected chi connectivity index (χ0v) is 13.3. The number of allylic oxidation sites excluding steroid dienone is 5. The summed E-state index contributed by atoms with van der Waals surface area (Å²) in [5, 5.41) is 0. The van der Waals surface area contributed by atoms with E-state index in [-0.39, 0.29) is 11.3 Å². The summed E-state index contributed by atoms with van der Waals surface area (Å²) in [4.78, 5) is 3.18. The van der Waals surface area contributed by atoms with E-state index < -0.39 is 30.2 Å². The largest absolute Gasteiger partial charge is 0.481 e. The summed E-state index contributed by atoms with van der Waals surface area (Å²) < 4.78 is 53.4. The second kappa shape index (κ2) is 5.12. The Balaban J connectivity index is 2.42. The smallest absolute Gasteiger partial charge is 0.254 e. The SMILES string of the molecule is NNS(=O)(=O)C1(S(=O)(=O)NN)C=CC=C2OC3C=CC=CC3=C21. The maximum Gasteiger partial charge on any atom is 0.254 e. The molecular formula is C12H14N4O5S2. The molecule has 9 nitrogen and oxygen atoms in total. The van der Waals surface area contributed by atoms with Gasteiger partial charge < -0.3 is 4.74 Å². The lowest BCUT2D eigenvalue weighted by Gasteiger charge is -2.32. The van der Waals surface area contributed by atoms with Crippen LogP contribution in [0.3, 0.4) is 0 Å². The van der Waals surface area contributed by atoms with Crippen LogP contribution in [0, 0.1) is 0 Å². The maximum atomic E-state index is 12.6. The number of hydrazine groups is 2. The summed E-state index contributed by atoms with van der Waals surface area (Å²) in [6, 6.07) is 0. The highest BCUT2D eigenvalue weighted by atomic mass is 32.3. The highest BCUT2D eigenvalue weighted by molar-refractivity contribution is 8.09. The molecule has 0 bridgehead atoms. The molecule has 1 atom stereocenters. The third-order valence-electron chi connectivity index (χ3n) is 3.79. The van der Waals surface area contributed by atoms with Gasteiger partial charge in [-0.2, -0.15) is 9.66 Å². The number of fused-ring (bicyclic) bond motifs is 2. The van der Waals surface area contributed by atoms with Gasteiger partial charge in [0.15, 0.2) is 0 Å². The van der Waals surface area contributed by atoms with Crippen molar-refractivity contribution >= 4 is 20.0 Å². The maximum absolute atomic E-state index is 12.6. The Bertz CT molecular complexity index is 875. The van der Waals surface area contributed by atoms with Crippen LogP contribution in [-0.2, 0) is 24.8 Å². The molecule has 6 N–H and O–H groups in total. The third-order valence-corrected chi connectivity index (χ3v) is 8.00. The first-order valence-electron chi connectivity index (χ1n) is 6.41. The molecule has 1 unspecified atom stereocenters. The van der Waals surface area contributed by atoms with E-state index in [4.69, 9.17) is 16.4 Å². The Labute approximate surface area is 133 Å². The van der Waals surface area contributed by atoms with Crippen LogP contribution in [0.2, 0.25) is 0 Å². The van der Waals surface area contributed by atoms with Crippen molar-refractivity contribution in [1.82, 2.24) is 9.66 Å². The molecule has 0 saturated heterocycles. The number of sulfonamides is 2. The minimum absolute atomic E-state index is 0.0403. The van der Waals surface area contributed by atoms with E-state index >= 15 is 0 Å². The molecule has 1 aliphatic heterocycles. The fourth-order valence-corrected chi connectivity index (χ4v) is 6.08. The molecule has 1 heterocycles. The predicted octanol–water partition coefficient (Wildman–Crippen LogP) is -1.46. The summed E-state index contributed by atoms with van der Waals surface area (Å²) >= 11 is 0. The van der Waals surface area contributed by atoms with E-state index in [1.54, 1.807) is 34.0 Å². The number of rotatable bonds is 4.